The molecule has 0 aliphatic heterocycles. The second kappa shape index (κ2) is 4.29. The van der Waals surface area contributed by atoms with Crippen LogP contribution in [0.25, 0.3) is 0 Å². The molecule has 0 N–H and O–H groups in total. The number of benzene rings is 1. The third-order valence-corrected chi connectivity index (χ3v) is 6.42. The zero-order valence-electron chi connectivity index (χ0n) is 8.60. The molecule has 0 fully saturated rings. The summed E-state index contributed by atoms with van der Waals surface area (Å²) in [7, 11) is -1.17. The lowest BCUT2D eigenvalue weighted by Gasteiger charge is -2.18. The number of rotatable bonds is 3. The largest absolute Gasteiger partial charge is 0.130 e. The Bertz CT molecular complexity index is 264. The number of hydrogen-bond donors (Lipinski definition) is 0. The van der Waals surface area contributed by atoms with E-state index in [0.29, 0.717) is 0 Å². The molecule has 0 spiro atoms. The van der Waals surface area contributed by atoms with E-state index in [0.717, 1.165) is 5.50 Å². The van der Waals surface area contributed by atoms with Crippen molar-refractivity contribution in [1.29, 1.82) is 0 Å². The molecule has 0 unspecified atom stereocenters. The molecule has 0 aliphatic rings. The smallest absolute Gasteiger partial charge is 0.0682 e. The molecule has 2 heteroatoms. The summed E-state index contributed by atoms with van der Waals surface area (Å²) in [4.78, 5) is 0. The summed E-state index contributed by atoms with van der Waals surface area (Å²) < 4.78 is 0. The van der Waals surface area contributed by atoms with Crippen LogP contribution in [0.15, 0.2) is 24.3 Å². The second-order valence-electron chi connectivity index (χ2n) is 4.46. The predicted octanol–water partition coefficient (Wildman–Crippen LogP) is 3.56. The molecule has 1 rings (SSSR count). The fourth-order valence-corrected chi connectivity index (χ4v) is 3.02. The first kappa shape index (κ1) is 10.8. The van der Waals surface area contributed by atoms with Crippen molar-refractivity contribution in [1.82, 2.24) is 0 Å². The van der Waals surface area contributed by atoms with Crippen molar-refractivity contribution < 1.29 is 0 Å². The van der Waals surface area contributed by atoms with Gasteiger partial charge in [0.2, 0.25) is 0 Å². The highest BCUT2D eigenvalue weighted by molar-refractivity contribution is 6.82. The molecule has 0 heterocycles. The van der Waals surface area contributed by atoms with Crippen molar-refractivity contribution in [3.05, 3.63) is 35.4 Å². The molecular formula is C11H17ClSi. The Labute approximate surface area is 86.9 Å². The summed E-state index contributed by atoms with van der Waals surface area (Å²) in [6.45, 7) is 6.79. The second-order valence-corrected chi connectivity index (χ2v) is 10.2. The molecule has 0 radical (unpaired) electrons. The van der Waals surface area contributed by atoms with Crippen LogP contribution in [-0.2, 0) is 6.04 Å². The van der Waals surface area contributed by atoms with Gasteiger partial charge in [0.1, 0.15) is 0 Å². The Hall–Kier alpha value is -0.273. The number of aryl methyl sites for hydroxylation is 1. The van der Waals surface area contributed by atoms with Crippen molar-refractivity contribution in [2.75, 3.05) is 5.50 Å². The molecule has 0 bridgehead atoms. The van der Waals surface area contributed by atoms with Gasteiger partial charge in [-0.25, -0.2) is 0 Å². The van der Waals surface area contributed by atoms with Gasteiger partial charge in [-0.15, -0.1) is 11.6 Å². The van der Waals surface area contributed by atoms with Crippen molar-refractivity contribution in [2.24, 2.45) is 0 Å². The first-order valence-electron chi connectivity index (χ1n) is 4.65. The van der Waals surface area contributed by atoms with Crippen LogP contribution in [0.5, 0.6) is 0 Å². The van der Waals surface area contributed by atoms with E-state index in [2.05, 4.69) is 44.3 Å². The third kappa shape index (κ3) is 3.53. The molecule has 1 aromatic rings. The standard InChI is InChI=1S/C11H17ClSi/c1-10-4-6-11(7-5-10)8-13(2,3)9-12/h4-7H,8-9H2,1-3H3. The number of hydrogen-bond acceptors (Lipinski definition) is 0. The average molecular weight is 213 g/mol. The third-order valence-electron chi connectivity index (χ3n) is 2.17. The van der Waals surface area contributed by atoms with E-state index in [-0.39, 0.29) is 0 Å². The fraction of sp³-hybridized carbons (Fsp3) is 0.455. The zero-order valence-corrected chi connectivity index (χ0v) is 10.4. The van der Waals surface area contributed by atoms with Crippen LogP contribution < -0.4 is 0 Å². The SMILES string of the molecule is Cc1ccc(C[Si](C)(C)CCl)cc1. The molecule has 13 heavy (non-hydrogen) atoms. The first-order chi connectivity index (χ1) is 6.03. The molecule has 0 aliphatic carbocycles. The van der Waals surface area contributed by atoms with Crippen molar-refractivity contribution in [2.45, 2.75) is 26.1 Å². The molecule has 72 valence electrons. The van der Waals surface area contributed by atoms with E-state index >= 15 is 0 Å². The van der Waals surface area contributed by atoms with Crippen LogP contribution in [0.1, 0.15) is 11.1 Å². The van der Waals surface area contributed by atoms with E-state index in [1.165, 1.54) is 17.2 Å². The van der Waals surface area contributed by atoms with Gasteiger partial charge in [0.25, 0.3) is 0 Å². The van der Waals surface area contributed by atoms with Crippen molar-refractivity contribution >= 4 is 19.7 Å². The molecular weight excluding hydrogens is 196 g/mol. The van der Waals surface area contributed by atoms with E-state index in [1.807, 2.05) is 0 Å². The van der Waals surface area contributed by atoms with Gasteiger partial charge in [0.05, 0.1) is 8.07 Å². The Kier molecular flexibility index (Phi) is 3.57. The Morgan fingerprint density at radius 2 is 1.69 bits per heavy atom. The van der Waals surface area contributed by atoms with Crippen LogP contribution in [0.3, 0.4) is 0 Å². The summed E-state index contributed by atoms with van der Waals surface area (Å²) in [5.41, 5.74) is 3.61. The first-order valence-corrected chi connectivity index (χ1v) is 8.60. The molecule has 0 atom stereocenters. The van der Waals surface area contributed by atoms with Crippen molar-refractivity contribution in [3.63, 3.8) is 0 Å². The lowest BCUT2D eigenvalue weighted by molar-refractivity contribution is 1.28. The van der Waals surface area contributed by atoms with E-state index < -0.39 is 8.07 Å². The normalized spacial score (nSPS) is 11.7. The van der Waals surface area contributed by atoms with Gasteiger partial charge in [-0.05, 0) is 13.0 Å². The van der Waals surface area contributed by atoms with Gasteiger partial charge in [0, 0.05) is 5.50 Å². The highest BCUT2D eigenvalue weighted by atomic mass is 35.5. The maximum atomic E-state index is 5.94. The van der Waals surface area contributed by atoms with E-state index in [1.54, 1.807) is 0 Å². The lowest BCUT2D eigenvalue weighted by atomic mass is 10.2. The van der Waals surface area contributed by atoms with Gasteiger partial charge < -0.3 is 0 Å². The maximum Gasteiger partial charge on any atom is 0.0682 e. The van der Waals surface area contributed by atoms with E-state index in [4.69, 9.17) is 11.6 Å². The topological polar surface area (TPSA) is 0 Å². The minimum Gasteiger partial charge on any atom is -0.130 e. The highest BCUT2D eigenvalue weighted by Gasteiger charge is 2.19. The molecule has 0 amide bonds. The fourth-order valence-electron chi connectivity index (χ4n) is 1.31. The minimum atomic E-state index is -1.17. The van der Waals surface area contributed by atoms with Crippen molar-refractivity contribution in [3.8, 4) is 0 Å². The average Bonchev–Trinajstić information content (AvgIpc) is 2.09. The highest BCUT2D eigenvalue weighted by Crippen LogP contribution is 2.13. The Morgan fingerprint density at radius 3 is 2.15 bits per heavy atom. The predicted molar refractivity (Wildman–Crippen MR) is 63.1 cm³/mol. The summed E-state index contributed by atoms with van der Waals surface area (Å²) in [5.74, 6) is 0. The van der Waals surface area contributed by atoms with Crippen LogP contribution in [0, 0.1) is 6.92 Å². The minimum absolute atomic E-state index is 0.848. The van der Waals surface area contributed by atoms with Crippen LogP contribution in [0.2, 0.25) is 13.1 Å². The van der Waals surface area contributed by atoms with Gasteiger partial charge in [-0.1, -0.05) is 48.5 Å². The lowest BCUT2D eigenvalue weighted by Crippen LogP contribution is -2.31. The Balaban J connectivity index is 2.69. The Morgan fingerprint density at radius 1 is 1.15 bits per heavy atom. The monoisotopic (exact) mass is 212 g/mol. The molecule has 0 saturated carbocycles. The molecule has 0 aromatic heterocycles. The van der Waals surface area contributed by atoms with Gasteiger partial charge >= 0.3 is 0 Å². The van der Waals surface area contributed by atoms with E-state index in [9.17, 15) is 0 Å². The maximum absolute atomic E-state index is 5.94. The number of halogens is 1. The quantitative estimate of drug-likeness (QED) is 0.531. The zero-order chi connectivity index (χ0) is 9.90. The molecule has 0 saturated heterocycles. The summed E-state index contributed by atoms with van der Waals surface area (Å²) >= 11 is 5.94. The van der Waals surface area contributed by atoms with Gasteiger partial charge in [-0.2, -0.15) is 0 Å². The summed E-state index contributed by atoms with van der Waals surface area (Å²) in [6.07, 6.45) is 0. The van der Waals surface area contributed by atoms with Gasteiger partial charge in [0.15, 0.2) is 0 Å². The molecule has 1 aromatic carbocycles. The van der Waals surface area contributed by atoms with Crippen LogP contribution in [0.4, 0.5) is 0 Å². The van der Waals surface area contributed by atoms with Crippen LogP contribution >= 0.6 is 11.6 Å². The number of alkyl halides is 1. The molecule has 0 nitrogen and oxygen atoms in total. The van der Waals surface area contributed by atoms with Gasteiger partial charge in [-0.3, -0.25) is 0 Å². The summed E-state index contributed by atoms with van der Waals surface area (Å²) in [5, 5.41) is 0. The summed E-state index contributed by atoms with van der Waals surface area (Å²) in [6, 6.07) is 9.98. The van der Waals surface area contributed by atoms with Crippen LogP contribution in [-0.4, -0.2) is 13.6 Å².